The van der Waals surface area contributed by atoms with Crippen molar-refractivity contribution in [3.05, 3.63) is 29.8 Å². The summed E-state index contributed by atoms with van der Waals surface area (Å²) in [4.78, 5) is 11.5. The van der Waals surface area contributed by atoms with E-state index < -0.39 is 35.0 Å². The standard InChI is InChI=1S/C15H14F6N2O2/c1-12(2,3)25-11(24)23-10-6-4-9(5-7-10)13(8-22,14(16,17)18)15(19,20)21/h4-7H,1-3H3,(H,23,24). The monoisotopic (exact) mass is 368 g/mol. The van der Waals surface area contributed by atoms with Gasteiger partial charge >= 0.3 is 18.4 Å². The van der Waals surface area contributed by atoms with Crippen LogP contribution in [0.5, 0.6) is 0 Å². The lowest BCUT2D eigenvalue weighted by molar-refractivity contribution is -0.283. The fourth-order valence-corrected chi connectivity index (χ4v) is 1.90. The molecule has 0 atom stereocenters. The van der Waals surface area contributed by atoms with Gasteiger partial charge in [0.1, 0.15) is 5.60 Å². The number of nitrogens with one attached hydrogen (secondary N) is 1. The second-order valence-corrected chi connectivity index (χ2v) is 6.06. The van der Waals surface area contributed by atoms with Crippen molar-refractivity contribution in [2.75, 3.05) is 5.32 Å². The number of rotatable bonds is 2. The lowest BCUT2D eigenvalue weighted by atomic mass is 9.80. The van der Waals surface area contributed by atoms with Crippen LogP contribution in [0.15, 0.2) is 24.3 Å². The summed E-state index contributed by atoms with van der Waals surface area (Å²) < 4.78 is 83.0. The number of ether oxygens (including phenoxy) is 1. The molecule has 0 saturated heterocycles. The zero-order valence-electron chi connectivity index (χ0n) is 13.3. The third-order valence-electron chi connectivity index (χ3n) is 2.98. The van der Waals surface area contributed by atoms with E-state index in [1.165, 1.54) is 0 Å². The molecular weight excluding hydrogens is 354 g/mol. The normalized spacial score (nSPS) is 13.1. The Morgan fingerprint density at radius 3 is 1.76 bits per heavy atom. The molecule has 1 aromatic carbocycles. The number of hydrogen-bond donors (Lipinski definition) is 1. The second-order valence-electron chi connectivity index (χ2n) is 6.06. The molecule has 0 spiro atoms. The van der Waals surface area contributed by atoms with Crippen LogP contribution in [0.2, 0.25) is 0 Å². The van der Waals surface area contributed by atoms with Gasteiger partial charge in [-0.3, -0.25) is 5.32 Å². The highest BCUT2D eigenvalue weighted by molar-refractivity contribution is 5.84. The first-order chi connectivity index (χ1) is 11.1. The van der Waals surface area contributed by atoms with Crippen molar-refractivity contribution in [1.82, 2.24) is 0 Å². The molecule has 4 nitrogen and oxygen atoms in total. The van der Waals surface area contributed by atoms with Gasteiger partial charge in [0, 0.05) is 5.69 Å². The van der Waals surface area contributed by atoms with Gasteiger partial charge in [0.25, 0.3) is 5.41 Å². The number of hydrogen-bond acceptors (Lipinski definition) is 3. The largest absolute Gasteiger partial charge is 0.444 e. The Labute approximate surface area is 139 Å². The molecule has 0 bridgehead atoms. The summed E-state index contributed by atoms with van der Waals surface area (Å²) in [6, 6.07) is 2.95. The van der Waals surface area contributed by atoms with Crippen LogP contribution in [0.25, 0.3) is 0 Å². The van der Waals surface area contributed by atoms with Gasteiger partial charge < -0.3 is 4.74 Å². The van der Waals surface area contributed by atoms with Crippen LogP contribution in [-0.4, -0.2) is 24.0 Å². The van der Waals surface area contributed by atoms with E-state index in [2.05, 4.69) is 5.32 Å². The van der Waals surface area contributed by atoms with Gasteiger partial charge in [0.2, 0.25) is 0 Å². The van der Waals surface area contributed by atoms with E-state index in [0.717, 1.165) is 12.1 Å². The van der Waals surface area contributed by atoms with E-state index in [0.29, 0.717) is 18.2 Å². The Morgan fingerprint density at radius 2 is 1.44 bits per heavy atom. The molecule has 1 rings (SSSR count). The molecule has 0 radical (unpaired) electrons. The topological polar surface area (TPSA) is 62.1 Å². The Hall–Kier alpha value is -2.44. The number of benzene rings is 1. The molecule has 0 unspecified atom stereocenters. The number of anilines is 1. The van der Waals surface area contributed by atoms with Gasteiger partial charge in [-0.05, 0) is 38.5 Å². The number of amides is 1. The smallest absolute Gasteiger partial charge is 0.420 e. The van der Waals surface area contributed by atoms with Gasteiger partial charge in [-0.1, -0.05) is 12.1 Å². The van der Waals surface area contributed by atoms with E-state index in [1.807, 2.05) is 0 Å². The first kappa shape index (κ1) is 20.6. The minimum Gasteiger partial charge on any atom is -0.444 e. The minimum absolute atomic E-state index is 0.0887. The van der Waals surface area contributed by atoms with Gasteiger partial charge in [0.15, 0.2) is 0 Å². The predicted molar refractivity (Wildman–Crippen MR) is 75.7 cm³/mol. The van der Waals surface area contributed by atoms with Crippen LogP contribution in [-0.2, 0) is 10.2 Å². The third kappa shape index (κ3) is 4.35. The molecule has 1 amide bonds. The lowest BCUT2D eigenvalue weighted by Crippen LogP contribution is -2.52. The number of alkyl halides is 6. The second kappa shape index (κ2) is 6.46. The van der Waals surface area contributed by atoms with Gasteiger partial charge in [-0.15, -0.1) is 0 Å². The van der Waals surface area contributed by atoms with E-state index in [-0.39, 0.29) is 5.69 Å². The Kier molecular flexibility index (Phi) is 5.32. The summed E-state index contributed by atoms with van der Waals surface area (Å²) in [6.07, 6.45) is -12.7. The average molecular weight is 368 g/mol. The molecule has 0 heterocycles. The summed E-state index contributed by atoms with van der Waals surface area (Å²) in [7, 11) is 0. The maximum absolute atomic E-state index is 13.0. The summed E-state index contributed by atoms with van der Waals surface area (Å²) in [5.41, 5.74) is -6.89. The summed E-state index contributed by atoms with van der Waals surface area (Å²) in [5, 5.41) is 10.8. The first-order valence-electron chi connectivity index (χ1n) is 6.79. The molecule has 1 N–H and O–H groups in total. The fraction of sp³-hybridized carbons (Fsp3) is 0.467. The molecule has 10 heteroatoms. The van der Waals surface area contributed by atoms with Crippen LogP contribution >= 0.6 is 0 Å². The number of halogens is 6. The number of nitrogens with zero attached hydrogens (tertiary/aromatic N) is 1. The summed E-state index contributed by atoms with van der Waals surface area (Å²) >= 11 is 0. The first-order valence-corrected chi connectivity index (χ1v) is 6.79. The molecule has 1 aromatic rings. The predicted octanol–water partition coefficient (Wildman–Crippen LogP) is 4.92. The zero-order valence-corrected chi connectivity index (χ0v) is 13.3. The van der Waals surface area contributed by atoms with E-state index >= 15 is 0 Å². The van der Waals surface area contributed by atoms with Gasteiger partial charge in [-0.25, -0.2) is 4.79 Å². The molecule has 0 saturated carbocycles. The van der Waals surface area contributed by atoms with Crippen LogP contribution in [0.1, 0.15) is 26.3 Å². The highest BCUT2D eigenvalue weighted by Gasteiger charge is 2.72. The van der Waals surface area contributed by atoms with Crippen LogP contribution in [0, 0.1) is 11.3 Å². The maximum atomic E-state index is 13.0. The van der Waals surface area contributed by atoms with Crippen LogP contribution in [0.3, 0.4) is 0 Å². The van der Waals surface area contributed by atoms with E-state index in [9.17, 15) is 31.1 Å². The lowest BCUT2D eigenvalue weighted by Gasteiger charge is -2.31. The Morgan fingerprint density at radius 1 is 1.00 bits per heavy atom. The van der Waals surface area contributed by atoms with Crippen molar-refractivity contribution >= 4 is 11.8 Å². The molecule has 25 heavy (non-hydrogen) atoms. The van der Waals surface area contributed by atoms with Crippen molar-refractivity contribution in [1.29, 1.82) is 5.26 Å². The van der Waals surface area contributed by atoms with E-state index in [4.69, 9.17) is 10.00 Å². The summed E-state index contributed by atoms with van der Waals surface area (Å²) in [5.74, 6) is 0. The van der Waals surface area contributed by atoms with Crippen molar-refractivity contribution in [2.24, 2.45) is 0 Å². The SMILES string of the molecule is CC(C)(C)OC(=O)Nc1ccc(C(C#N)(C(F)(F)F)C(F)(F)F)cc1. The summed E-state index contributed by atoms with van der Waals surface area (Å²) in [6.45, 7) is 4.72. The average Bonchev–Trinajstić information content (AvgIpc) is 2.36. The molecular formula is C15H14F6N2O2. The zero-order chi connectivity index (χ0) is 19.7. The number of carbonyl (C=O) groups is 1. The number of carbonyl (C=O) groups excluding carboxylic acids is 1. The molecule has 0 aliphatic rings. The van der Waals surface area contributed by atoms with Crippen LogP contribution in [0.4, 0.5) is 36.8 Å². The van der Waals surface area contributed by atoms with Crippen molar-refractivity contribution < 1.29 is 35.9 Å². The van der Waals surface area contributed by atoms with Crippen molar-refractivity contribution in [3.8, 4) is 6.07 Å². The molecule has 0 fully saturated rings. The third-order valence-corrected chi connectivity index (χ3v) is 2.98. The number of nitriles is 1. The van der Waals surface area contributed by atoms with E-state index in [1.54, 1.807) is 20.8 Å². The fourth-order valence-electron chi connectivity index (χ4n) is 1.90. The minimum atomic E-state index is -5.87. The van der Waals surface area contributed by atoms with Crippen LogP contribution < -0.4 is 5.32 Å². The molecule has 0 aliphatic carbocycles. The highest BCUT2D eigenvalue weighted by Crippen LogP contribution is 2.51. The quantitative estimate of drug-likeness (QED) is 0.754. The maximum Gasteiger partial charge on any atom is 0.420 e. The Bertz CT molecular complexity index is 652. The van der Waals surface area contributed by atoms with Crippen molar-refractivity contribution in [2.45, 2.75) is 44.1 Å². The molecule has 0 aliphatic heterocycles. The van der Waals surface area contributed by atoms with Crippen molar-refractivity contribution in [3.63, 3.8) is 0 Å². The van der Waals surface area contributed by atoms with Gasteiger partial charge in [-0.2, -0.15) is 31.6 Å². The Balaban J connectivity index is 3.20. The van der Waals surface area contributed by atoms with Gasteiger partial charge in [0.05, 0.1) is 6.07 Å². The molecule has 138 valence electrons. The molecule has 0 aromatic heterocycles. The highest BCUT2D eigenvalue weighted by atomic mass is 19.4.